The van der Waals surface area contributed by atoms with E-state index in [1.807, 2.05) is 6.07 Å². The van der Waals surface area contributed by atoms with Crippen molar-refractivity contribution in [3.05, 3.63) is 59.9 Å². The third-order valence-corrected chi connectivity index (χ3v) is 3.64. The van der Waals surface area contributed by atoms with Crippen molar-refractivity contribution in [3.8, 4) is 11.3 Å². The fourth-order valence-corrected chi connectivity index (χ4v) is 2.47. The number of pyridine rings is 1. The van der Waals surface area contributed by atoms with Gasteiger partial charge in [-0.15, -0.1) is 12.4 Å². The molecule has 4 nitrogen and oxygen atoms in total. The van der Waals surface area contributed by atoms with E-state index in [0.717, 1.165) is 23.3 Å². The van der Waals surface area contributed by atoms with E-state index in [4.69, 9.17) is 0 Å². The van der Waals surface area contributed by atoms with Gasteiger partial charge in [-0.25, -0.2) is 4.98 Å². The van der Waals surface area contributed by atoms with Crippen LogP contribution in [-0.4, -0.2) is 21.8 Å². The van der Waals surface area contributed by atoms with Crippen LogP contribution in [0.2, 0.25) is 0 Å². The maximum atomic E-state index is 10.9. The average molecular weight is 330 g/mol. The van der Waals surface area contributed by atoms with Crippen LogP contribution in [0.1, 0.15) is 18.1 Å². The Morgan fingerprint density at radius 3 is 2.57 bits per heavy atom. The molecule has 2 aromatic heterocycles. The number of nitrogens with one attached hydrogen (secondary N) is 1. The maximum Gasteiger partial charge on any atom is 0.216 e. The molecular formula is C18H20ClN3O. The second-order valence-electron chi connectivity index (χ2n) is 5.53. The molecule has 0 bridgehead atoms. The van der Waals surface area contributed by atoms with Gasteiger partial charge < -0.3 is 9.72 Å². The molecule has 0 spiro atoms. The lowest BCUT2D eigenvalue weighted by molar-refractivity contribution is -0.118. The third kappa shape index (κ3) is 4.11. The second kappa shape index (κ2) is 7.29. The first-order valence-corrected chi connectivity index (χ1v) is 7.41. The minimum absolute atomic E-state index is 0. The molecule has 0 atom stereocenters. The topological polar surface area (TPSA) is 46.4 Å². The van der Waals surface area contributed by atoms with E-state index in [-0.39, 0.29) is 18.3 Å². The summed E-state index contributed by atoms with van der Waals surface area (Å²) in [6, 6.07) is 12.4. The number of benzene rings is 1. The number of fused-ring (bicyclic) bond motifs is 1. The quantitative estimate of drug-likeness (QED) is 0.797. The van der Waals surface area contributed by atoms with Gasteiger partial charge in [0, 0.05) is 31.4 Å². The SMILES string of the molecule is CC(=O)NCCc1ccc(-c2cn3cc(C)ccc3n2)cc1.Cl. The van der Waals surface area contributed by atoms with E-state index in [1.165, 1.54) is 18.1 Å². The van der Waals surface area contributed by atoms with Crippen molar-refractivity contribution in [1.82, 2.24) is 14.7 Å². The minimum atomic E-state index is 0. The Morgan fingerprint density at radius 2 is 1.87 bits per heavy atom. The molecule has 2 heterocycles. The highest BCUT2D eigenvalue weighted by molar-refractivity contribution is 5.85. The van der Waals surface area contributed by atoms with Gasteiger partial charge in [-0.2, -0.15) is 0 Å². The van der Waals surface area contributed by atoms with Gasteiger partial charge in [0.15, 0.2) is 0 Å². The number of amides is 1. The Balaban J connectivity index is 0.00000192. The minimum Gasteiger partial charge on any atom is -0.356 e. The van der Waals surface area contributed by atoms with Crippen molar-refractivity contribution in [2.24, 2.45) is 0 Å². The molecule has 120 valence electrons. The molecule has 0 unspecified atom stereocenters. The van der Waals surface area contributed by atoms with E-state index >= 15 is 0 Å². The number of hydrogen-bond acceptors (Lipinski definition) is 2. The zero-order valence-electron chi connectivity index (χ0n) is 13.2. The van der Waals surface area contributed by atoms with Crippen LogP contribution >= 0.6 is 12.4 Å². The highest BCUT2D eigenvalue weighted by Crippen LogP contribution is 2.20. The van der Waals surface area contributed by atoms with Crippen LogP contribution in [-0.2, 0) is 11.2 Å². The monoisotopic (exact) mass is 329 g/mol. The van der Waals surface area contributed by atoms with Gasteiger partial charge in [-0.3, -0.25) is 4.79 Å². The number of nitrogens with zero attached hydrogens (tertiary/aromatic N) is 2. The molecule has 0 saturated carbocycles. The van der Waals surface area contributed by atoms with Gasteiger partial charge in [0.05, 0.1) is 5.69 Å². The van der Waals surface area contributed by atoms with Gasteiger partial charge >= 0.3 is 0 Å². The fraction of sp³-hybridized carbons (Fsp3) is 0.222. The molecule has 0 aliphatic heterocycles. The summed E-state index contributed by atoms with van der Waals surface area (Å²) < 4.78 is 2.05. The van der Waals surface area contributed by atoms with E-state index in [2.05, 4.69) is 64.4 Å². The largest absolute Gasteiger partial charge is 0.356 e. The molecule has 3 rings (SSSR count). The summed E-state index contributed by atoms with van der Waals surface area (Å²) in [4.78, 5) is 15.5. The number of rotatable bonds is 4. The number of imidazole rings is 1. The normalized spacial score (nSPS) is 10.3. The first kappa shape index (κ1) is 17.0. The lowest BCUT2D eigenvalue weighted by Gasteiger charge is -2.03. The summed E-state index contributed by atoms with van der Waals surface area (Å²) in [6.45, 7) is 4.28. The van der Waals surface area contributed by atoms with E-state index < -0.39 is 0 Å². The zero-order valence-corrected chi connectivity index (χ0v) is 14.1. The van der Waals surface area contributed by atoms with Gasteiger partial charge in [0.25, 0.3) is 0 Å². The summed E-state index contributed by atoms with van der Waals surface area (Å²) in [6.07, 6.45) is 4.96. The van der Waals surface area contributed by atoms with Gasteiger partial charge in [-0.1, -0.05) is 30.3 Å². The summed E-state index contributed by atoms with van der Waals surface area (Å²) in [7, 11) is 0. The summed E-state index contributed by atoms with van der Waals surface area (Å²) in [5.41, 5.74) is 5.45. The van der Waals surface area contributed by atoms with Crippen LogP contribution in [0.4, 0.5) is 0 Å². The third-order valence-electron chi connectivity index (χ3n) is 3.64. The number of hydrogen-bond donors (Lipinski definition) is 1. The van der Waals surface area contributed by atoms with Crippen LogP contribution in [0.15, 0.2) is 48.8 Å². The molecule has 0 fully saturated rings. The first-order chi connectivity index (χ1) is 10.6. The van der Waals surface area contributed by atoms with Gasteiger partial charge in [-0.05, 0) is 30.5 Å². The van der Waals surface area contributed by atoms with Crippen LogP contribution in [0.5, 0.6) is 0 Å². The Labute approximate surface area is 142 Å². The molecule has 1 aromatic carbocycles. The molecule has 0 radical (unpaired) electrons. The van der Waals surface area contributed by atoms with Crippen LogP contribution in [0, 0.1) is 6.92 Å². The average Bonchev–Trinajstić information content (AvgIpc) is 2.90. The number of aryl methyl sites for hydroxylation is 1. The van der Waals surface area contributed by atoms with Crippen LogP contribution in [0.25, 0.3) is 16.9 Å². The molecule has 1 N–H and O–H groups in total. The highest BCUT2D eigenvalue weighted by Gasteiger charge is 2.04. The van der Waals surface area contributed by atoms with Crippen molar-refractivity contribution in [1.29, 1.82) is 0 Å². The Hall–Kier alpha value is -2.33. The molecule has 1 amide bonds. The molecule has 0 saturated heterocycles. The van der Waals surface area contributed by atoms with E-state index in [0.29, 0.717) is 6.54 Å². The number of carbonyl (C=O) groups excluding carboxylic acids is 1. The number of carbonyl (C=O) groups is 1. The van der Waals surface area contributed by atoms with Crippen molar-refractivity contribution < 1.29 is 4.79 Å². The van der Waals surface area contributed by atoms with Crippen LogP contribution in [0.3, 0.4) is 0 Å². The smallest absolute Gasteiger partial charge is 0.216 e. The number of aromatic nitrogens is 2. The molecule has 23 heavy (non-hydrogen) atoms. The number of halogens is 1. The molecule has 3 aromatic rings. The molecular weight excluding hydrogens is 310 g/mol. The zero-order chi connectivity index (χ0) is 15.5. The lowest BCUT2D eigenvalue weighted by Crippen LogP contribution is -2.22. The predicted molar refractivity (Wildman–Crippen MR) is 95.0 cm³/mol. The predicted octanol–water partition coefficient (Wildman–Crippen LogP) is 3.41. The maximum absolute atomic E-state index is 10.9. The molecule has 0 aliphatic rings. The Bertz CT molecular complexity index is 809. The Kier molecular flexibility index (Phi) is 5.40. The van der Waals surface area contributed by atoms with Crippen molar-refractivity contribution in [2.75, 3.05) is 6.54 Å². The van der Waals surface area contributed by atoms with Crippen molar-refractivity contribution in [2.45, 2.75) is 20.3 Å². The lowest BCUT2D eigenvalue weighted by atomic mass is 10.1. The van der Waals surface area contributed by atoms with Gasteiger partial charge in [0.1, 0.15) is 5.65 Å². The van der Waals surface area contributed by atoms with E-state index in [1.54, 1.807) is 0 Å². The summed E-state index contributed by atoms with van der Waals surface area (Å²) in [5, 5.41) is 2.81. The first-order valence-electron chi connectivity index (χ1n) is 7.41. The van der Waals surface area contributed by atoms with Crippen LogP contribution < -0.4 is 5.32 Å². The van der Waals surface area contributed by atoms with Crippen molar-refractivity contribution in [3.63, 3.8) is 0 Å². The second-order valence-corrected chi connectivity index (χ2v) is 5.53. The van der Waals surface area contributed by atoms with E-state index in [9.17, 15) is 4.79 Å². The Morgan fingerprint density at radius 1 is 1.13 bits per heavy atom. The summed E-state index contributed by atoms with van der Waals surface area (Å²) in [5.74, 6) is 0.0108. The summed E-state index contributed by atoms with van der Waals surface area (Å²) >= 11 is 0. The molecule has 5 heteroatoms. The highest BCUT2D eigenvalue weighted by atomic mass is 35.5. The van der Waals surface area contributed by atoms with Gasteiger partial charge in [0.2, 0.25) is 5.91 Å². The standard InChI is InChI=1S/C18H19N3O.ClH/c1-13-3-8-18-20-17(12-21(18)11-13)16-6-4-15(5-7-16)9-10-19-14(2)22;/h3-8,11-12H,9-10H2,1-2H3,(H,19,22);1H. The van der Waals surface area contributed by atoms with Crippen molar-refractivity contribution >= 4 is 24.0 Å². The fourth-order valence-electron chi connectivity index (χ4n) is 2.47. The molecule has 0 aliphatic carbocycles.